The minimum atomic E-state index is -0.788. The molecule has 0 aliphatic carbocycles. The number of rotatable bonds is 6. The number of carbonyl (C=O) groups excluding carboxylic acids is 1. The predicted octanol–water partition coefficient (Wildman–Crippen LogP) is 4.49. The zero-order valence-corrected chi connectivity index (χ0v) is 16.4. The van der Waals surface area contributed by atoms with Crippen LogP contribution in [0, 0.1) is 5.82 Å². The first-order chi connectivity index (χ1) is 14.0. The minimum absolute atomic E-state index is 0.165. The van der Waals surface area contributed by atoms with E-state index in [4.69, 9.17) is 32.7 Å². The maximum absolute atomic E-state index is 13.8. The molecule has 0 radical (unpaired) electrons. The van der Waals surface area contributed by atoms with Gasteiger partial charge >= 0.3 is 0 Å². The van der Waals surface area contributed by atoms with Crippen molar-refractivity contribution in [2.24, 2.45) is 5.10 Å². The van der Waals surface area contributed by atoms with Crippen molar-refractivity contribution in [3.8, 4) is 17.4 Å². The fourth-order valence-corrected chi connectivity index (χ4v) is 2.54. The maximum Gasteiger partial charge on any atom is 0.271 e. The van der Waals surface area contributed by atoms with Crippen molar-refractivity contribution in [1.82, 2.24) is 15.4 Å². The second-order valence-corrected chi connectivity index (χ2v) is 6.29. The largest absolute Gasteiger partial charge is 0.493 e. The molecule has 3 aromatic rings. The highest BCUT2D eigenvalue weighted by Crippen LogP contribution is 2.32. The zero-order valence-electron chi connectivity index (χ0n) is 14.9. The van der Waals surface area contributed by atoms with E-state index in [0.717, 1.165) is 6.20 Å². The van der Waals surface area contributed by atoms with Crippen LogP contribution in [-0.2, 0) is 0 Å². The number of nitrogens with one attached hydrogen (secondary N) is 1. The third-order valence-electron chi connectivity index (χ3n) is 3.54. The van der Waals surface area contributed by atoms with Crippen LogP contribution in [0.15, 0.2) is 53.8 Å². The number of hydrogen-bond acceptors (Lipinski definition) is 6. The molecule has 0 bridgehead atoms. The van der Waals surface area contributed by atoms with E-state index in [9.17, 15) is 9.18 Å². The summed E-state index contributed by atoms with van der Waals surface area (Å²) in [6.07, 6.45) is 2.28. The summed E-state index contributed by atoms with van der Waals surface area (Å²) in [6, 6.07) is 11.2. The molecule has 0 saturated carbocycles. The number of methoxy groups -OCH3 is 1. The minimum Gasteiger partial charge on any atom is -0.493 e. The van der Waals surface area contributed by atoms with Gasteiger partial charge in [0.15, 0.2) is 11.5 Å². The molecule has 1 aromatic heterocycles. The van der Waals surface area contributed by atoms with E-state index in [1.54, 1.807) is 30.3 Å². The lowest BCUT2D eigenvalue weighted by molar-refractivity contribution is 0.0955. The fraction of sp³-hybridized carbons (Fsp3) is 0.0526. The number of amides is 1. The lowest BCUT2D eigenvalue weighted by Crippen LogP contribution is -2.17. The lowest BCUT2D eigenvalue weighted by Gasteiger charge is -2.10. The second kappa shape index (κ2) is 9.31. The molecule has 29 heavy (non-hydrogen) atoms. The summed E-state index contributed by atoms with van der Waals surface area (Å²) in [5.41, 5.74) is 3.30. The highest BCUT2D eigenvalue weighted by atomic mass is 35.5. The van der Waals surface area contributed by atoms with E-state index in [-0.39, 0.29) is 16.9 Å². The number of aromatic nitrogens is 2. The van der Waals surface area contributed by atoms with Crippen LogP contribution in [-0.4, -0.2) is 29.2 Å². The van der Waals surface area contributed by atoms with Crippen LogP contribution in [0.5, 0.6) is 17.4 Å². The van der Waals surface area contributed by atoms with E-state index >= 15 is 0 Å². The number of benzene rings is 2. The van der Waals surface area contributed by atoms with Crippen LogP contribution < -0.4 is 14.9 Å². The number of carbonyl (C=O) groups is 1. The third-order valence-corrected chi connectivity index (χ3v) is 3.96. The zero-order chi connectivity index (χ0) is 20.8. The third kappa shape index (κ3) is 5.40. The van der Waals surface area contributed by atoms with Gasteiger partial charge in [0, 0.05) is 10.6 Å². The molecule has 0 fully saturated rings. The maximum atomic E-state index is 13.8. The molecule has 2 aromatic carbocycles. The molecule has 10 heteroatoms. The highest BCUT2D eigenvalue weighted by Gasteiger charge is 2.13. The molecule has 0 aliphatic heterocycles. The monoisotopic (exact) mass is 434 g/mol. The van der Waals surface area contributed by atoms with E-state index in [1.165, 1.54) is 25.5 Å². The fourth-order valence-electron chi connectivity index (χ4n) is 2.22. The quantitative estimate of drug-likeness (QED) is 0.351. The van der Waals surface area contributed by atoms with Gasteiger partial charge in [0.05, 0.1) is 19.5 Å². The van der Waals surface area contributed by atoms with Crippen molar-refractivity contribution < 1.29 is 18.7 Å². The van der Waals surface area contributed by atoms with Crippen molar-refractivity contribution >= 4 is 35.3 Å². The number of nitrogens with zero attached hydrogens (tertiary/aromatic N) is 3. The van der Waals surface area contributed by atoms with Crippen molar-refractivity contribution in [3.63, 3.8) is 0 Å². The summed E-state index contributed by atoms with van der Waals surface area (Å²) in [6.45, 7) is 0. The summed E-state index contributed by atoms with van der Waals surface area (Å²) in [5.74, 6) is -1.06. The number of hydrogen-bond donors (Lipinski definition) is 1. The van der Waals surface area contributed by atoms with Gasteiger partial charge in [-0.2, -0.15) is 14.5 Å². The van der Waals surface area contributed by atoms with Gasteiger partial charge in [0.25, 0.3) is 11.8 Å². The van der Waals surface area contributed by atoms with Crippen LogP contribution in [0.3, 0.4) is 0 Å². The Morgan fingerprint density at radius 2 is 2.03 bits per heavy atom. The van der Waals surface area contributed by atoms with Gasteiger partial charge in [-0.05, 0) is 53.6 Å². The van der Waals surface area contributed by atoms with Gasteiger partial charge < -0.3 is 9.47 Å². The van der Waals surface area contributed by atoms with Crippen LogP contribution in [0.2, 0.25) is 10.3 Å². The van der Waals surface area contributed by atoms with Crippen molar-refractivity contribution in [3.05, 3.63) is 75.9 Å². The Bertz CT molecular complexity index is 1080. The van der Waals surface area contributed by atoms with Crippen LogP contribution in [0.25, 0.3) is 0 Å². The topological polar surface area (TPSA) is 85.7 Å². The standard InChI is InChI=1S/C19H13Cl2FN4O3/c1-28-15-6-5-11(7-16(15)29-18-14(22)10-23-19(21)25-18)9-24-26-17(27)12-3-2-4-13(20)8-12/h2-10H,1H3,(H,26,27). The molecule has 3 rings (SSSR count). The van der Waals surface area contributed by atoms with Gasteiger partial charge in [-0.1, -0.05) is 17.7 Å². The van der Waals surface area contributed by atoms with Gasteiger partial charge in [-0.25, -0.2) is 10.4 Å². The normalized spacial score (nSPS) is 10.8. The number of halogens is 3. The van der Waals surface area contributed by atoms with Gasteiger partial charge in [-0.3, -0.25) is 4.79 Å². The molecule has 0 saturated heterocycles. The van der Waals surface area contributed by atoms with Crippen molar-refractivity contribution in [2.75, 3.05) is 7.11 Å². The molecule has 0 unspecified atom stereocenters. The summed E-state index contributed by atoms with van der Waals surface area (Å²) in [5, 5.41) is 4.17. The first kappa shape index (κ1) is 20.5. The van der Waals surface area contributed by atoms with E-state index in [1.807, 2.05) is 0 Å². The van der Waals surface area contributed by atoms with E-state index < -0.39 is 11.7 Å². The van der Waals surface area contributed by atoms with Gasteiger partial charge in [-0.15, -0.1) is 0 Å². The summed E-state index contributed by atoms with van der Waals surface area (Å²) >= 11 is 11.5. The summed E-state index contributed by atoms with van der Waals surface area (Å²) in [7, 11) is 1.44. The highest BCUT2D eigenvalue weighted by molar-refractivity contribution is 6.31. The number of ether oxygens (including phenoxy) is 2. The lowest BCUT2D eigenvalue weighted by atomic mass is 10.2. The molecule has 1 N–H and O–H groups in total. The first-order valence-corrected chi connectivity index (χ1v) is 8.85. The molecule has 1 amide bonds. The molecule has 148 valence electrons. The van der Waals surface area contributed by atoms with Crippen molar-refractivity contribution in [1.29, 1.82) is 0 Å². The van der Waals surface area contributed by atoms with Gasteiger partial charge in [0.1, 0.15) is 0 Å². The molecule has 0 aliphatic rings. The Kier molecular flexibility index (Phi) is 6.58. The molecule has 1 heterocycles. The molecular weight excluding hydrogens is 422 g/mol. The SMILES string of the molecule is COc1ccc(C=NNC(=O)c2cccc(Cl)c2)cc1Oc1nc(Cl)ncc1F. The summed E-state index contributed by atoms with van der Waals surface area (Å²) in [4.78, 5) is 19.3. The second-order valence-electron chi connectivity index (χ2n) is 5.51. The molecule has 0 atom stereocenters. The molecular formula is C19H13Cl2FN4O3. The van der Waals surface area contributed by atoms with E-state index in [2.05, 4.69) is 20.5 Å². The predicted molar refractivity (Wildman–Crippen MR) is 107 cm³/mol. The molecule has 7 nitrogen and oxygen atoms in total. The summed E-state index contributed by atoms with van der Waals surface area (Å²) < 4.78 is 24.5. The van der Waals surface area contributed by atoms with E-state index in [0.29, 0.717) is 21.9 Å². The number of hydrazone groups is 1. The Morgan fingerprint density at radius 1 is 1.21 bits per heavy atom. The Balaban J connectivity index is 1.76. The van der Waals surface area contributed by atoms with Crippen molar-refractivity contribution in [2.45, 2.75) is 0 Å². The van der Waals surface area contributed by atoms with Crippen LogP contribution in [0.1, 0.15) is 15.9 Å². The van der Waals surface area contributed by atoms with Gasteiger partial charge in [0.2, 0.25) is 11.1 Å². The average molecular weight is 435 g/mol. The Labute approximate surface area is 175 Å². The first-order valence-electron chi connectivity index (χ1n) is 8.09. The Morgan fingerprint density at radius 3 is 2.79 bits per heavy atom. The smallest absolute Gasteiger partial charge is 0.271 e. The van der Waals surface area contributed by atoms with Crippen LogP contribution in [0.4, 0.5) is 4.39 Å². The Hall–Kier alpha value is -3.23. The average Bonchev–Trinajstić information content (AvgIpc) is 2.71. The van der Waals surface area contributed by atoms with Crippen LogP contribution >= 0.6 is 23.2 Å². The molecule has 0 spiro atoms.